The lowest BCUT2D eigenvalue weighted by Gasteiger charge is -2.07. The highest BCUT2D eigenvalue weighted by Crippen LogP contribution is 2.22. The smallest absolute Gasteiger partial charge is 0.237 e. The predicted octanol–water partition coefficient (Wildman–Crippen LogP) is 2.72. The molecule has 2 aromatic heterocycles. The molecule has 0 fully saturated rings. The number of rotatable bonds is 2. The van der Waals surface area contributed by atoms with Gasteiger partial charge in [-0.2, -0.15) is 0 Å². The third-order valence-corrected chi connectivity index (χ3v) is 4.76. The molecule has 0 saturated carbocycles. The van der Waals surface area contributed by atoms with Gasteiger partial charge in [-0.25, -0.2) is 21.8 Å². The Kier molecular flexibility index (Phi) is 2.83. The molecule has 0 radical (unpaired) electrons. The maximum Gasteiger partial charge on any atom is 0.269 e. The van der Waals surface area contributed by atoms with Gasteiger partial charge in [0.25, 0.3) is 10.0 Å². The molecule has 4 nitrogen and oxygen atoms in total. The van der Waals surface area contributed by atoms with E-state index in [0.717, 1.165) is 9.54 Å². The van der Waals surface area contributed by atoms with E-state index in [4.69, 9.17) is 0 Å². The van der Waals surface area contributed by atoms with Crippen molar-refractivity contribution in [3.05, 3.63) is 60.2 Å². The van der Waals surface area contributed by atoms with Crippen LogP contribution in [0.2, 0.25) is 0 Å². The summed E-state index contributed by atoms with van der Waals surface area (Å²) in [5.74, 6) is -0.493. The summed E-state index contributed by atoms with van der Waals surface area (Å²) in [6, 6.07) is 9.08. The summed E-state index contributed by atoms with van der Waals surface area (Å²) < 4.78 is 39.7. The van der Waals surface area contributed by atoms with Gasteiger partial charge in [0.2, 0.25) is 0 Å². The van der Waals surface area contributed by atoms with Gasteiger partial charge in [-0.3, -0.25) is 0 Å². The monoisotopic (exact) mass is 290 g/mol. The topological polar surface area (TPSA) is 52.0 Å². The van der Waals surface area contributed by atoms with E-state index in [1.165, 1.54) is 36.7 Å². The molecular weight excluding hydrogens is 279 g/mol. The molecule has 0 spiro atoms. The van der Waals surface area contributed by atoms with Gasteiger partial charge in [0.1, 0.15) is 5.82 Å². The maximum absolute atomic E-state index is 13.6. The number of hydrogen-bond acceptors (Lipinski definition) is 3. The number of halogens is 1. The average Bonchev–Trinajstić information content (AvgIpc) is 2.85. The first-order valence-electron chi connectivity index (χ1n) is 5.94. The van der Waals surface area contributed by atoms with Crippen LogP contribution in [-0.4, -0.2) is 17.4 Å². The van der Waals surface area contributed by atoms with E-state index < -0.39 is 15.8 Å². The Hall–Kier alpha value is -2.21. The molecule has 0 aliphatic heterocycles. The van der Waals surface area contributed by atoms with Crippen molar-refractivity contribution in [1.82, 2.24) is 8.96 Å². The van der Waals surface area contributed by atoms with Gasteiger partial charge in [-0.1, -0.05) is 17.7 Å². The number of hydrogen-bond donors (Lipinski definition) is 0. The van der Waals surface area contributed by atoms with Crippen LogP contribution in [0.3, 0.4) is 0 Å². The van der Waals surface area contributed by atoms with E-state index in [1.807, 2.05) is 6.92 Å². The van der Waals surface area contributed by atoms with Crippen LogP contribution >= 0.6 is 0 Å². The van der Waals surface area contributed by atoms with E-state index in [9.17, 15) is 12.8 Å². The van der Waals surface area contributed by atoms with Crippen LogP contribution in [0.25, 0.3) is 11.0 Å². The second-order valence-corrected chi connectivity index (χ2v) is 6.27. The van der Waals surface area contributed by atoms with Crippen LogP contribution in [0, 0.1) is 12.7 Å². The molecule has 20 heavy (non-hydrogen) atoms. The normalized spacial score (nSPS) is 11.9. The van der Waals surface area contributed by atoms with Crippen LogP contribution in [0.1, 0.15) is 5.56 Å². The summed E-state index contributed by atoms with van der Waals surface area (Å²) in [6.07, 6.45) is 2.56. The summed E-state index contributed by atoms with van der Waals surface area (Å²) in [5.41, 5.74) is 1.05. The molecule has 6 heteroatoms. The van der Waals surface area contributed by atoms with Crippen LogP contribution in [0.15, 0.2) is 53.7 Å². The van der Waals surface area contributed by atoms with Gasteiger partial charge >= 0.3 is 0 Å². The number of pyridine rings is 1. The van der Waals surface area contributed by atoms with E-state index >= 15 is 0 Å². The fourth-order valence-electron chi connectivity index (χ4n) is 2.00. The van der Waals surface area contributed by atoms with Crippen LogP contribution in [0.5, 0.6) is 0 Å². The second kappa shape index (κ2) is 4.42. The molecule has 1 aromatic carbocycles. The molecule has 0 aliphatic rings. The van der Waals surface area contributed by atoms with Gasteiger partial charge < -0.3 is 0 Å². The zero-order chi connectivity index (χ0) is 14.3. The Morgan fingerprint density at radius 1 is 1.10 bits per heavy atom. The third kappa shape index (κ3) is 1.89. The quantitative estimate of drug-likeness (QED) is 0.729. The Morgan fingerprint density at radius 3 is 2.50 bits per heavy atom. The SMILES string of the molecule is Cc1ccc(S(=O)(=O)n2ccc3c(F)ccnc32)cc1. The van der Waals surface area contributed by atoms with Crippen LogP contribution in [-0.2, 0) is 10.0 Å². The summed E-state index contributed by atoms with van der Waals surface area (Å²) in [5, 5.41) is 0.184. The lowest BCUT2D eigenvalue weighted by atomic mass is 10.2. The molecule has 102 valence electrons. The highest BCUT2D eigenvalue weighted by atomic mass is 32.2. The summed E-state index contributed by atoms with van der Waals surface area (Å²) in [7, 11) is -3.77. The molecule has 0 N–H and O–H groups in total. The summed E-state index contributed by atoms with van der Waals surface area (Å²) in [4.78, 5) is 4.10. The van der Waals surface area contributed by atoms with Gasteiger partial charge in [-0.05, 0) is 31.2 Å². The van der Waals surface area contributed by atoms with Gasteiger partial charge in [0.05, 0.1) is 10.3 Å². The van der Waals surface area contributed by atoms with Crippen molar-refractivity contribution in [2.75, 3.05) is 0 Å². The Morgan fingerprint density at radius 2 is 1.80 bits per heavy atom. The van der Waals surface area contributed by atoms with Crippen molar-refractivity contribution in [2.45, 2.75) is 11.8 Å². The first kappa shape index (κ1) is 12.8. The number of aromatic nitrogens is 2. The second-order valence-electron chi connectivity index (χ2n) is 4.46. The standard InChI is InChI=1S/C14H11FN2O2S/c1-10-2-4-11(5-3-10)20(18,19)17-9-7-12-13(15)6-8-16-14(12)17/h2-9H,1H3. The molecule has 3 rings (SSSR count). The zero-order valence-corrected chi connectivity index (χ0v) is 11.4. The number of benzene rings is 1. The Labute approximate surface area is 115 Å². The largest absolute Gasteiger partial charge is 0.269 e. The molecule has 0 saturated heterocycles. The van der Waals surface area contributed by atoms with Gasteiger partial charge in [-0.15, -0.1) is 0 Å². The summed E-state index contributed by atoms with van der Waals surface area (Å²) in [6.45, 7) is 1.87. The minimum atomic E-state index is -3.77. The Balaban J connectivity index is 2.24. The molecule has 0 amide bonds. The molecular formula is C14H11FN2O2S. The van der Waals surface area contributed by atoms with Crippen LogP contribution in [0.4, 0.5) is 4.39 Å². The van der Waals surface area contributed by atoms with Crippen molar-refractivity contribution in [1.29, 1.82) is 0 Å². The van der Waals surface area contributed by atoms with E-state index in [-0.39, 0.29) is 15.9 Å². The number of fused-ring (bicyclic) bond motifs is 1. The van der Waals surface area contributed by atoms with Crippen LogP contribution < -0.4 is 0 Å². The first-order valence-corrected chi connectivity index (χ1v) is 7.38. The maximum atomic E-state index is 13.6. The van der Waals surface area contributed by atoms with E-state index in [0.29, 0.717) is 0 Å². The van der Waals surface area contributed by atoms with Crippen molar-refractivity contribution in [3.63, 3.8) is 0 Å². The Bertz CT molecular complexity index is 883. The lowest BCUT2D eigenvalue weighted by Crippen LogP contribution is -2.12. The number of nitrogens with zero attached hydrogens (tertiary/aromatic N) is 2. The zero-order valence-electron chi connectivity index (χ0n) is 10.6. The molecule has 3 aromatic rings. The molecule has 0 atom stereocenters. The first-order chi connectivity index (χ1) is 9.50. The van der Waals surface area contributed by atoms with Crippen molar-refractivity contribution in [2.24, 2.45) is 0 Å². The minimum absolute atomic E-state index is 0.0885. The molecule has 2 heterocycles. The van der Waals surface area contributed by atoms with E-state index in [1.54, 1.807) is 12.1 Å². The third-order valence-electron chi connectivity index (χ3n) is 3.08. The molecule has 0 aliphatic carbocycles. The van der Waals surface area contributed by atoms with Gasteiger partial charge in [0.15, 0.2) is 5.65 Å². The van der Waals surface area contributed by atoms with E-state index in [2.05, 4.69) is 4.98 Å². The molecule has 0 bridgehead atoms. The highest BCUT2D eigenvalue weighted by molar-refractivity contribution is 7.90. The predicted molar refractivity (Wildman–Crippen MR) is 73.5 cm³/mol. The van der Waals surface area contributed by atoms with Crippen molar-refractivity contribution < 1.29 is 12.8 Å². The van der Waals surface area contributed by atoms with Crippen molar-refractivity contribution in [3.8, 4) is 0 Å². The number of aryl methyl sites for hydroxylation is 1. The van der Waals surface area contributed by atoms with Crippen molar-refractivity contribution >= 4 is 21.1 Å². The molecule has 0 unspecified atom stereocenters. The average molecular weight is 290 g/mol. The minimum Gasteiger partial charge on any atom is -0.237 e. The summed E-state index contributed by atoms with van der Waals surface area (Å²) >= 11 is 0. The fraction of sp³-hybridized carbons (Fsp3) is 0.0714. The fourth-order valence-corrected chi connectivity index (χ4v) is 3.30. The van der Waals surface area contributed by atoms with Gasteiger partial charge in [0, 0.05) is 12.4 Å². The lowest BCUT2D eigenvalue weighted by molar-refractivity contribution is 0.588. The highest BCUT2D eigenvalue weighted by Gasteiger charge is 2.20.